The van der Waals surface area contributed by atoms with Gasteiger partial charge in [-0.15, -0.1) is 0 Å². The van der Waals surface area contributed by atoms with E-state index < -0.39 is 18.0 Å². The van der Waals surface area contributed by atoms with Crippen molar-refractivity contribution in [2.45, 2.75) is 32.9 Å². The van der Waals surface area contributed by atoms with E-state index in [9.17, 15) is 14.4 Å². The molecule has 1 aliphatic heterocycles. The van der Waals surface area contributed by atoms with Gasteiger partial charge in [0.1, 0.15) is 0 Å². The van der Waals surface area contributed by atoms with E-state index >= 15 is 0 Å². The third-order valence-corrected chi connectivity index (χ3v) is 2.94. The lowest BCUT2D eigenvalue weighted by atomic mass is 10.1. The van der Waals surface area contributed by atoms with Crippen LogP contribution in [0.5, 0.6) is 0 Å². The van der Waals surface area contributed by atoms with Crippen LogP contribution >= 0.6 is 0 Å². The lowest BCUT2D eigenvalue weighted by molar-refractivity contribution is -0.162. The van der Waals surface area contributed by atoms with Crippen molar-refractivity contribution in [1.29, 1.82) is 0 Å². The van der Waals surface area contributed by atoms with E-state index in [1.807, 2.05) is 0 Å². The molecule has 0 aromatic rings. The summed E-state index contributed by atoms with van der Waals surface area (Å²) in [7, 11) is 0. The fourth-order valence-electron chi connectivity index (χ4n) is 1.99. The molecule has 1 N–H and O–H groups in total. The average Bonchev–Trinajstić information content (AvgIpc) is 2.30. The van der Waals surface area contributed by atoms with E-state index in [1.165, 1.54) is 9.80 Å². The Balaban J connectivity index is 2.73. The summed E-state index contributed by atoms with van der Waals surface area (Å²) >= 11 is 0. The van der Waals surface area contributed by atoms with E-state index in [2.05, 4.69) is 4.74 Å². The zero-order valence-electron chi connectivity index (χ0n) is 10.8. The Kier molecular flexibility index (Phi) is 4.52. The number of carbonyl (C=O) groups excluding carboxylic acids is 2. The van der Waals surface area contributed by atoms with Gasteiger partial charge in [0.15, 0.2) is 0 Å². The van der Waals surface area contributed by atoms with Crippen molar-refractivity contribution in [3.05, 3.63) is 0 Å². The molecule has 2 amide bonds. The maximum absolute atomic E-state index is 11.8. The lowest BCUT2D eigenvalue weighted by Gasteiger charge is -2.42. The number of amides is 2. The minimum absolute atomic E-state index is 0.142. The molecule has 1 saturated heterocycles. The zero-order chi connectivity index (χ0) is 13.9. The maximum Gasteiger partial charge on any atom is 0.407 e. The second kappa shape index (κ2) is 5.70. The molecular formula is C11H18N2O5. The Morgan fingerprint density at radius 1 is 1.17 bits per heavy atom. The van der Waals surface area contributed by atoms with Gasteiger partial charge >= 0.3 is 18.0 Å². The normalized spacial score (nSPS) is 23.7. The smallest absolute Gasteiger partial charge is 0.407 e. The molecule has 2 atom stereocenters. The van der Waals surface area contributed by atoms with E-state index in [1.54, 1.807) is 20.8 Å². The summed E-state index contributed by atoms with van der Waals surface area (Å²) in [5.41, 5.74) is 0. The summed E-state index contributed by atoms with van der Waals surface area (Å²) in [6.07, 6.45) is -1.02. The predicted octanol–water partition coefficient (Wildman–Crippen LogP) is 0.149. The Bertz CT molecular complexity index is 357. The van der Waals surface area contributed by atoms with Gasteiger partial charge in [-0.05, 0) is 20.8 Å². The fraction of sp³-hybridized carbons (Fsp3) is 0.727. The molecule has 1 heterocycles. The van der Waals surface area contributed by atoms with Crippen molar-refractivity contribution < 1.29 is 24.2 Å². The van der Waals surface area contributed by atoms with Gasteiger partial charge in [0, 0.05) is 25.2 Å². The maximum atomic E-state index is 11.8. The quantitative estimate of drug-likeness (QED) is 0.534. The number of ether oxygens (including phenoxy) is 1. The number of hydrogen-bond acceptors (Lipinski definition) is 4. The summed E-state index contributed by atoms with van der Waals surface area (Å²) < 4.78 is 4.65. The first kappa shape index (κ1) is 14.3. The van der Waals surface area contributed by atoms with Gasteiger partial charge in [-0.1, -0.05) is 0 Å². The highest BCUT2D eigenvalue weighted by molar-refractivity contribution is 6.32. The first-order valence-electron chi connectivity index (χ1n) is 5.85. The third kappa shape index (κ3) is 2.91. The summed E-state index contributed by atoms with van der Waals surface area (Å²) in [6, 6.07) is -0.675. The molecule has 0 radical (unpaired) electrons. The zero-order valence-corrected chi connectivity index (χ0v) is 10.8. The second-order valence-electron chi connectivity index (χ2n) is 4.31. The van der Waals surface area contributed by atoms with Crippen LogP contribution in [0, 0.1) is 0 Å². The summed E-state index contributed by atoms with van der Waals surface area (Å²) in [5.74, 6) is -1.60. The molecule has 0 saturated carbocycles. The van der Waals surface area contributed by atoms with Gasteiger partial charge in [0.05, 0.1) is 6.61 Å². The minimum Gasteiger partial charge on any atom is -0.465 e. The largest absolute Gasteiger partial charge is 0.465 e. The Hall–Kier alpha value is -1.79. The Morgan fingerprint density at radius 2 is 1.67 bits per heavy atom. The monoisotopic (exact) mass is 258 g/mol. The number of piperazine rings is 1. The van der Waals surface area contributed by atoms with Gasteiger partial charge in [-0.3, -0.25) is 4.79 Å². The molecule has 0 aliphatic carbocycles. The molecule has 0 aromatic carbocycles. The number of esters is 1. The molecule has 1 aliphatic rings. The van der Waals surface area contributed by atoms with Crippen molar-refractivity contribution in [2.75, 3.05) is 19.7 Å². The molecule has 1 rings (SSSR count). The number of nitrogens with zero attached hydrogens (tertiary/aromatic N) is 2. The molecule has 102 valence electrons. The van der Waals surface area contributed by atoms with Crippen LogP contribution in [0.2, 0.25) is 0 Å². The van der Waals surface area contributed by atoms with Gasteiger partial charge < -0.3 is 19.6 Å². The second-order valence-corrected chi connectivity index (χ2v) is 4.31. The van der Waals surface area contributed by atoms with Crippen molar-refractivity contribution in [3.8, 4) is 0 Å². The van der Waals surface area contributed by atoms with Crippen LogP contribution in [0.3, 0.4) is 0 Å². The van der Waals surface area contributed by atoms with E-state index in [-0.39, 0.29) is 31.8 Å². The van der Waals surface area contributed by atoms with Crippen LogP contribution in [0.25, 0.3) is 0 Å². The van der Waals surface area contributed by atoms with Gasteiger partial charge in [-0.2, -0.15) is 0 Å². The highest BCUT2D eigenvalue weighted by Crippen LogP contribution is 2.15. The van der Waals surface area contributed by atoms with Crippen LogP contribution in [-0.2, 0) is 14.3 Å². The Labute approximate surface area is 105 Å². The molecule has 7 heteroatoms. The first-order valence-corrected chi connectivity index (χ1v) is 5.85. The molecule has 7 nitrogen and oxygen atoms in total. The highest BCUT2D eigenvalue weighted by atomic mass is 16.5. The standard InChI is InChI=1S/C11H18N2O5/c1-4-18-10(15)9(14)12-5-8(3)13(11(16)17)6-7(12)2/h7-8H,4-6H2,1-3H3,(H,16,17)/t7-,8+/m0/s1. The number of rotatable bonds is 1. The summed E-state index contributed by atoms with van der Waals surface area (Å²) in [4.78, 5) is 36.8. The molecule has 18 heavy (non-hydrogen) atoms. The van der Waals surface area contributed by atoms with E-state index in [0.717, 1.165) is 0 Å². The van der Waals surface area contributed by atoms with Gasteiger partial charge in [-0.25, -0.2) is 9.59 Å². The third-order valence-electron chi connectivity index (χ3n) is 2.94. The van der Waals surface area contributed by atoms with E-state index in [0.29, 0.717) is 0 Å². The van der Waals surface area contributed by atoms with Crippen molar-refractivity contribution in [2.24, 2.45) is 0 Å². The number of carboxylic acid groups (broad SMARTS) is 1. The predicted molar refractivity (Wildman–Crippen MR) is 62.0 cm³/mol. The number of carbonyl (C=O) groups is 3. The van der Waals surface area contributed by atoms with Crippen molar-refractivity contribution in [3.63, 3.8) is 0 Å². The summed E-state index contributed by atoms with van der Waals surface area (Å²) in [6.45, 7) is 5.57. The minimum atomic E-state index is -1.02. The molecular weight excluding hydrogens is 240 g/mol. The highest BCUT2D eigenvalue weighted by Gasteiger charge is 2.37. The topological polar surface area (TPSA) is 87.2 Å². The molecule has 0 bridgehead atoms. The average molecular weight is 258 g/mol. The van der Waals surface area contributed by atoms with Crippen LogP contribution in [0.15, 0.2) is 0 Å². The fourth-order valence-corrected chi connectivity index (χ4v) is 1.99. The first-order chi connectivity index (χ1) is 8.38. The molecule has 0 unspecified atom stereocenters. The lowest BCUT2D eigenvalue weighted by Crippen LogP contribution is -2.60. The van der Waals surface area contributed by atoms with Crippen LogP contribution in [0.1, 0.15) is 20.8 Å². The van der Waals surface area contributed by atoms with Crippen LogP contribution in [-0.4, -0.2) is 64.7 Å². The Morgan fingerprint density at radius 3 is 2.17 bits per heavy atom. The molecule has 1 fully saturated rings. The van der Waals surface area contributed by atoms with Gasteiger partial charge in [0.25, 0.3) is 0 Å². The number of hydrogen-bond donors (Lipinski definition) is 1. The summed E-state index contributed by atoms with van der Waals surface area (Å²) in [5, 5.41) is 8.98. The van der Waals surface area contributed by atoms with E-state index in [4.69, 9.17) is 5.11 Å². The van der Waals surface area contributed by atoms with Crippen molar-refractivity contribution >= 4 is 18.0 Å². The molecule has 0 aromatic heterocycles. The SMILES string of the molecule is CCOC(=O)C(=O)N1C[C@@H](C)N(C(=O)O)C[C@@H]1C. The van der Waals surface area contributed by atoms with Gasteiger partial charge in [0.2, 0.25) is 0 Å². The van der Waals surface area contributed by atoms with Crippen LogP contribution in [0.4, 0.5) is 4.79 Å². The van der Waals surface area contributed by atoms with Crippen molar-refractivity contribution in [1.82, 2.24) is 9.80 Å². The molecule has 0 spiro atoms. The van der Waals surface area contributed by atoms with Crippen LogP contribution < -0.4 is 0 Å².